The summed E-state index contributed by atoms with van der Waals surface area (Å²) < 4.78 is 24.3. The molecule has 32 heavy (non-hydrogen) atoms. The van der Waals surface area contributed by atoms with Gasteiger partial charge in [0.05, 0.1) is 12.2 Å². The van der Waals surface area contributed by atoms with E-state index in [9.17, 15) is 24.2 Å². The Morgan fingerprint density at radius 2 is 1.88 bits per heavy atom. The number of ether oxygens (including phenoxy) is 2. The molecular formula is C23H27FN2O6. The molecule has 8 nitrogen and oxygen atoms in total. The highest BCUT2D eigenvalue weighted by atomic mass is 19.1. The minimum Gasteiger partial charge on any atom is -0.489 e. The van der Waals surface area contributed by atoms with Gasteiger partial charge in [0.2, 0.25) is 0 Å². The standard InChI is InChI=1S/C23H27FN2O6/c1-21(2,3)32-20(29)25-11-23(5,30)16-10-15-18(31-12-22(15,4)19(27)28)17(26-16)13-6-8-14(24)9-7-13/h6-10,30H,11-12H2,1-5H3,(H,25,29)(H,27,28)/t22-,23-/m0/s1. The number of carboxylic acids is 1. The normalized spacial score (nSPS) is 19.5. The van der Waals surface area contributed by atoms with Crippen molar-refractivity contribution in [1.82, 2.24) is 10.3 Å². The predicted octanol–water partition coefficient (Wildman–Crippen LogP) is 3.35. The number of pyridine rings is 1. The van der Waals surface area contributed by atoms with Gasteiger partial charge >= 0.3 is 12.1 Å². The average molecular weight is 446 g/mol. The summed E-state index contributed by atoms with van der Waals surface area (Å²) in [4.78, 5) is 28.6. The molecule has 2 heterocycles. The van der Waals surface area contributed by atoms with Crippen molar-refractivity contribution < 1.29 is 33.7 Å². The van der Waals surface area contributed by atoms with Crippen molar-refractivity contribution in [3.8, 4) is 17.0 Å². The number of benzene rings is 1. The highest BCUT2D eigenvalue weighted by Crippen LogP contribution is 2.45. The molecule has 1 amide bonds. The zero-order valence-electron chi connectivity index (χ0n) is 18.7. The molecule has 0 saturated carbocycles. The summed E-state index contributed by atoms with van der Waals surface area (Å²) >= 11 is 0. The number of aliphatic carboxylic acids is 1. The predicted molar refractivity (Wildman–Crippen MR) is 114 cm³/mol. The number of amides is 1. The van der Waals surface area contributed by atoms with Crippen molar-refractivity contribution in [3.63, 3.8) is 0 Å². The first-order chi connectivity index (χ1) is 14.7. The van der Waals surface area contributed by atoms with E-state index < -0.39 is 34.5 Å². The lowest BCUT2D eigenvalue weighted by atomic mass is 9.83. The van der Waals surface area contributed by atoms with Crippen LogP contribution >= 0.6 is 0 Å². The van der Waals surface area contributed by atoms with Gasteiger partial charge in [-0.15, -0.1) is 0 Å². The van der Waals surface area contributed by atoms with Crippen LogP contribution in [0.25, 0.3) is 11.3 Å². The zero-order valence-corrected chi connectivity index (χ0v) is 18.7. The topological polar surface area (TPSA) is 118 Å². The second kappa shape index (κ2) is 8.05. The summed E-state index contributed by atoms with van der Waals surface area (Å²) in [5.41, 5.74) is -2.50. The molecule has 0 unspecified atom stereocenters. The Balaban J connectivity index is 2.04. The number of nitrogens with one attached hydrogen (secondary N) is 1. The maximum Gasteiger partial charge on any atom is 0.407 e. The molecule has 9 heteroatoms. The van der Waals surface area contributed by atoms with Crippen LogP contribution in [0.1, 0.15) is 45.9 Å². The molecular weight excluding hydrogens is 419 g/mol. The van der Waals surface area contributed by atoms with Gasteiger partial charge in [-0.05, 0) is 65.0 Å². The highest BCUT2D eigenvalue weighted by Gasteiger charge is 2.46. The number of carbonyl (C=O) groups excluding carboxylic acids is 1. The fourth-order valence-corrected chi connectivity index (χ4v) is 3.29. The minimum atomic E-state index is -1.66. The van der Waals surface area contributed by atoms with Crippen LogP contribution in [0.2, 0.25) is 0 Å². The molecule has 3 N–H and O–H groups in total. The van der Waals surface area contributed by atoms with E-state index in [2.05, 4.69) is 10.3 Å². The Bertz CT molecular complexity index is 1050. The van der Waals surface area contributed by atoms with E-state index in [4.69, 9.17) is 9.47 Å². The fourth-order valence-electron chi connectivity index (χ4n) is 3.29. The fraction of sp³-hybridized carbons (Fsp3) is 0.435. The van der Waals surface area contributed by atoms with Gasteiger partial charge in [-0.3, -0.25) is 4.79 Å². The first kappa shape index (κ1) is 23.5. The maximum atomic E-state index is 13.4. The third kappa shape index (κ3) is 4.67. The molecule has 1 aliphatic rings. The Labute approximate surface area is 185 Å². The molecule has 2 aromatic rings. The van der Waals surface area contributed by atoms with Crippen LogP contribution in [0.3, 0.4) is 0 Å². The molecule has 1 aliphatic heterocycles. The van der Waals surface area contributed by atoms with Crippen LogP contribution in [-0.2, 0) is 20.5 Å². The number of hydrogen-bond acceptors (Lipinski definition) is 6. The zero-order chi connectivity index (χ0) is 23.9. The average Bonchev–Trinajstić information content (AvgIpc) is 3.04. The van der Waals surface area contributed by atoms with Gasteiger partial charge < -0.3 is 25.0 Å². The van der Waals surface area contributed by atoms with E-state index in [-0.39, 0.29) is 30.3 Å². The maximum absolute atomic E-state index is 13.4. The minimum absolute atomic E-state index is 0.116. The molecule has 3 rings (SSSR count). The van der Waals surface area contributed by atoms with Crippen molar-refractivity contribution in [3.05, 3.63) is 47.4 Å². The molecule has 1 aromatic heterocycles. The van der Waals surface area contributed by atoms with Crippen LogP contribution in [-0.4, -0.2) is 46.0 Å². The molecule has 0 saturated heterocycles. The quantitative estimate of drug-likeness (QED) is 0.645. The lowest BCUT2D eigenvalue weighted by molar-refractivity contribution is -0.143. The SMILES string of the molecule is CC(C)(C)OC(=O)NC[C@](C)(O)c1cc2c(c(-c3ccc(F)cc3)n1)OC[C@]2(C)C(=O)O. The smallest absolute Gasteiger partial charge is 0.407 e. The summed E-state index contributed by atoms with van der Waals surface area (Å²) in [5, 5.41) is 23.4. The number of halogens is 1. The summed E-state index contributed by atoms with van der Waals surface area (Å²) in [6.07, 6.45) is -0.712. The monoisotopic (exact) mass is 446 g/mol. The summed E-state index contributed by atoms with van der Waals surface area (Å²) in [7, 11) is 0. The summed E-state index contributed by atoms with van der Waals surface area (Å²) in [6, 6.07) is 6.97. The molecule has 0 radical (unpaired) electrons. The van der Waals surface area contributed by atoms with E-state index in [1.165, 1.54) is 44.2 Å². The Hall–Kier alpha value is -3.20. The van der Waals surface area contributed by atoms with Gasteiger partial charge in [-0.1, -0.05) is 0 Å². The molecule has 172 valence electrons. The number of nitrogens with zero attached hydrogens (tertiary/aromatic N) is 1. The van der Waals surface area contributed by atoms with Crippen molar-refractivity contribution in [2.45, 2.75) is 51.2 Å². The van der Waals surface area contributed by atoms with Gasteiger partial charge in [0.1, 0.15) is 40.5 Å². The second-order valence-corrected chi connectivity index (χ2v) is 9.29. The number of carboxylic acid groups (broad SMARTS) is 1. The van der Waals surface area contributed by atoms with Gasteiger partial charge in [-0.2, -0.15) is 0 Å². The second-order valence-electron chi connectivity index (χ2n) is 9.29. The summed E-state index contributed by atoms with van der Waals surface area (Å²) in [5.74, 6) is -1.27. The lowest BCUT2D eigenvalue weighted by Crippen LogP contribution is -2.42. The van der Waals surface area contributed by atoms with E-state index in [0.717, 1.165) is 0 Å². The molecule has 0 aliphatic carbocycles. The molecule has 0 spiro atoms. The molecule has 0 fully saturated rings. The van der Waals surface area contributed by atoms with E-state index >= 15 is 0 Å². The van der Waals surface area contributed by atoms with Crippen molar-refractivity contribution in [1.29, 1.82) is 0 Å². The van der Waals surface area contributed by atoms with E-state index in [0.29, 0.717) is 11.1 Å². The van der Waals surface area contributed by atoms with Crippen molar-refractivity contribution in [2.24, 2.45) is 0 Å². The highest BCUT2D eigenvalue weighted by molar-refractivity contribution is 5.86. The largest absolute Gasteiger partial charge is 0.489 e. The van der Waals surface area contributed by atoms with Crippen molar-refractivity contribution >= 4 is 12.1 Å². The van der Waals surface area contributed by atoms with Crippen LogP contribution in [0.15, 0.2) is 30.3 Å². The number of alkyl carbamates (subject to hydrolysis) is 1. The number of fused-ring (bicyclic) bond motifs is 1. The molecule has 1 aromatic carbocycles. The molecule has 0 bridgehead atoms. The Morgan fingerprint density at radius 1 is 1.25 bits per heavy atom. The van der Waals surface area contributed by atoms with Gasteiger partial charge in [-0.25, -0.2) is 14.2 Å². The van der Waals surface area contributed by atoms with Gasteiger partial charge in [0.25, 0.3) is 0 Å². The number of hydrogen-bond donors (Lipinski definition) is 3. The van der Waals surface area contributed by atoms with Gasteiger partial charge in [0.15, 0.2) is 0 Å². The van der Waals surface area contributed by atoms with Crippen LogP contribution in [0, 0.1) is 5.82 Å². The number of rotatable bonds is 5. The number of carbonyl (C=O) groups is 2. The van der Waals surface area contributed by atoms with Gasteiger partial charge in [0, 0.05) is 11.1 Å². The Kier molecular flexibility index (Phi) is 5.90. The van der Waals surface area contributed by atoms with Crippen LogP contribution in [0.4, 0.5) is 9.18 Å². The van der Waals surface area contributed by atoms with Crippen molar-refractivity contribution in [2.75, 3.05) is 13.2 Å². The Morgan fingerprint density at radius 3 is 2.44 bits per heavy atom. The lowest BCUT2D eigenvalue weighted by Gasteiger charge is -2.27. The third-order valence-corrected chi connectivity index (χ3v) is 5.19. The molecule has 2 atom stereocenters. The van der Waals surface area contributed by atoms with Crippen LogP contribution < -0.4 is 10.1 Å². The first-order valence-electron chi connectivity index (χ1n) is 10.1. The third-order valence-electron chi connectivity index (χ3n) is 5.19. The van der Waals surface area contributed by atoms with E-state index in [1.807, 2.05) is 0 Å². The number of aliphatic hydroxyl groups is 1. The first-order valence-corrected chi connectivity index (χ1v) is 10.1. The summed E-state index contributed by atoms with van der Waals surface area (Å²) in [6.45, 7) is 7.77. The van der Waals surface area contributed by atoms with E-state index in [1.54, 1.807) is 20.8 Å². The number of aromatic nitrogens is 1. The van der Waals surface area contributed by atoms with Crippen LogP contribution in [0.5, 0.6) is 5.75 Å².